The van der Waals surface area contributed by atoms with Gasteiger partial charge in [-0.05, 0) is 43.9 Å². The highest BCUT2D eigenvalue weighted by Crippen LogP contribution is 2.36. The second-order valence-corrected chi connectivity index (χ2v) is 6.33. The Kier molecular flexibility index (Phi) is 5.05. The van der Waals surface area contributed by atoms with Crippen LogP contribution in [-0.4, -0.2) is 43.3 Å². The molecular formula is C15H30N2O. The first-order valence-electron chi connectivity index (χ1n) is 7.77. The lowest BCUT2D eigenvalue weighted by molar-refractivity contribution is -0.0427. The van der Waals surface area contributed by atoms with Gasteiger partial charge < -0.3 is 10.5 Å². The zero-order valence-electron chi connectivity index (χ0n) is 12.2. The molecule has 0 unspecified atom stereocenters. The van der Waals surface area contributed by atoms with E-state index in [1.807, 2.05) is 0 Å². The molecule has 18 heavy (non-hydrogen) atoms. The van der Waals surface area contributed by atoms with Gasteiger partial charge in [0, 0.05) is 25.7 Å². The molecule has 2 fully saturated rings. The standard InChI is InChI=1S/C15H30N2O/c1-3-15(4-2)11-17(12-15)9-10-18-14-7-5-13(16)6-8-14/h13-14H,3-12,16H2,1-2H3. The Morgan fingerprint density at radius 1 is 1.11 bits per heavy atom. The molecule has 0 aromatic heterocycles. The van der Waals surface area contributed by atoms with Crippen molar-refractivity contribution in [3.8, 4) is 0 Å². The van der Waals surface area contributed by atoms with Crippen molar-refractivity contribution in [2.24, 2.45) is 11.1 Å². The van der Waals surface area contributed by atoms with Crippen LogP contribution in [-0.2, 0) is 4.74 Å². The fourth-order valence-electron chi connectivity index (χ4n) is 3.36. The van der Waals surface area contributed by atoms with Crippen molar-refractivity contribution in [3.05, 3.63) is 0 Å². The molecule has 0 aromatic rings. The summed E-state index contributed by atoms with van der Waals surface area (Å²) in [5.41, 5.74) is 6.52. The number of nitrogens with zero attached hydrogens (tertiary/aromatic N) is 1. The summed E-state index contributed by atoms with van der Waals surface area (Å²) in [4.78, 5) is 2.54. The minimum absolute atomic E-state index is 0.426. The van der Waals surface area contributed by atoms with Crippen molar-refractivity contribution in [2.45, 2.75) is 64.5 Å². The molecule has 0 atom stereocenters. The molecule has 0 radical (unpaired) electrons. The molecule has 1 heterocycles. The van der Waals surface area contributed by atoms with E-state index < -0.39 is 0 Å². The molecule has 1 aliphatic heterocycles. The normalized spacial score (nSPS) is 32.2. The van der Waals surface area contributed by atoms with Crippen LogP contribution in [0, 0.1) is 5.41 Å². The van der Waals surface area contributed by atoms with Gasteiger partial charge in [0.25, 0.3) is 0 Å². The Morgan fingerprint density at radius 3 is 2.28 bits per heavy atom. The Hall–Kier alpha value is -0.120. The molecule has 106 valence electrons. The quantitative estimate of drug-likeness (QED) is 0.791. The maximum atomic E-state index is 5.98. The van der Waals surface area contributed by atoms with Crippen LogP contribution in [0.25, 0.3) is 0 Å². The van der Waals surface area contributed by atoms with Crippen LogP contribution in [0.2, 0.25) is 0 Å². The van der Waals surface area contributed by atoms with Crippen molar-refractivity contribution in [2.75, 3.05) is 26.2 Å². The van der Waals surface area contributed by atoms with Crippen molar-refractivity contribution >= 4 is 0 Å². The number of rotatable bonds is 6. The van der Waals surface area contributed by atoms with E-state index >= 15 is 0 Å². The second kappa shape index (κ2) is 6.36. The minimum Gasteiger partial charge on any atom is -0.377 e. The third-order valence-corrected chi connectivity index (χ3v) is 5.10. The smallest absolute Gasteiger partial charge is 0.0597 e. The van der Waals surface area contributed by atoms with E-state index in [1.165, 1.54) is 25.9 Å². The molecule has 0 amide bonds. The first kappa shape index (κ1) is 14.3. The molecule has 2 rings (SSSR count). The minimum atomic E-state index is 0.426. The first-order valence-corrected chi connectivity index (χ1v) is 7.77. The lowest BCUT2D eigenvalue weighted by Gasteiger charge is -2.50. The zero-order valence-corrected chi connectivity index (χ0v) is 12.2. The van der Waals surface area contributed by atoms with Crippen LogP contribution < -0.4 is 5.73 Å². The molecule has 1 saturated carbocycles. The molecule has 3 nitrogen and oxygen atoms in total. The molecule has 3 heteroatoms. The molecule has 2 N–H and O–H groups in total. The Morgan fingerprint density at radius 2 is 1.72 bits per heavy atom. The average Bonchev–Trinajstić information content (AvgIpc) is 2.35. The lowest BCUT2D eigenvalue weighted by Crippen LogP contribution is -2.56. The number of hydrogen-bond donors (Lipinski definition) is 1. The van der Waals surface area contributed by atoms with Gasteiger partial charge >= 0.3 is 0 Å². The average molecular weight is 254 g/mol. The number of ether oxygens (including phenoxy) is 1. The van der Waals surface area contributed by atoms with E-state index in [9.17, 15) is 0 Å². The molecule has 0 aromatic carbocycles. The Labute approximate surface area is 112 Å². The first-order chi connectivity index (χ1) is 8.67. The highest BCUT2D eigenvalue weighted by Gasteiger charge is 2.39. The summed E-state index contributed by atoms with van der Waals surface area (Å²) in [5, 5.41) is 0. The zero-order chi connectivity index (χ0) is 13.0. The van der Waals surface area contributed by atoms with Gasteiger partial charge in [-0.25, -0.2) is 0 Å². The van der Waals surface area contributed by atoms with Gasteiger partial charge in [0.15, 0.2) is 0 Å². The van der Waals surface area contributed by atoms with Gasteiger partial charge in [-0.15, -0.1) is 0 Å². The summed E-state index contributed by atoms with van der Waals surface area (Å²) in [6.07, 6.45) is 7.73. The molecule has 0 bridgehead atoms. The van der Waals surface area contributed by atoms with Crippen LogP contribution in [0.5, 0.6) is 0 Å². The number of hydrogen-bond acceptors (Lipinski definition) is 3. The van der Waals surface area contributed by atoms with E-state index in [4.69, 9.17) is 10.5 Å². The summed E-state index contributed by atoms with van der Waals surface area (Å²) in [6, 6.07) is 0.426. The van der Waals surface area contributed by atoms with E-state index in [1.54, 1.807) is 0 Å². The molecule has 2 aliphatic rings. The van der Waals surface area contributed by atoms with E-state index in [0.717, 1.165) is 38.8 Å². The Bertz CT molecular complexity index is 237. The summed E-state index contributed by atoms with van der Waals surface area (Å²) in [5.74, 6) is 0. The van der Waals surface area contributed by atoms with Crippen LogP contribution in [0.1, 0.15) is 52.4 Å². The van der Waals surface area contributed by atoms with Crippen LogP contribution in [0.3, 0.4) is 0 Å². The lowest BCUT2D eigenvalue weighted by atomic mass is 9.75. The predicted molar refractivity (Wildman–Crippen MR) is 75.6 cm³/mol. The largest absolute Gasteiger partial charge is 0.377 e. The predicted octanol–water partition coefficient (Wildman–Crippen LogP) is 2.39. The highest BCUT2D eigenvalue weighted by molar-refractivity contribution is 4.92. The van der Waals surface area contributed by atoms with Gasteiger partial charge in [0.2, 0.25) is 0 Å². The summed E-state index contributed by atoms with van der Waals surface area (Å²) in [7, 11) is 0. The second-order valence-electron chi connectivity index (χ2n) is 6.33. The van der Waals surface area contributed by atoms with E-state index in [0.29, 0.717) is 17.6 Å². The molecule has 1 saturated heterocycles. The van der Waals surface area contributed by atoms with Crippen LogP contribution in [0.4, 0.5) is 0 Å². The van der Waals surface area contributed by atoms with E-state index in [2.05, 4.69) is 18.7 Å². The third kappa shape index (κ3) is 3.46. The summed E-state index contributed by atoms with van der Waals surface area (Å²) in [6.45, 7) is 9.22. The summed E-state index contributed by atoms with van der Waals surface area (Å²) < 4.78 is 5.98. The topological polar surface area (TPSA) is 38.5 Å². The maximum absolute atomic E-state index is 5.98. The fourth-order valence-corrected chi connectivity index (χ4v) is 3.36. The van der Waals surface area contributed by atoms with Gasteiger partial charge in [-0.2, -0.15) is 0 Å². The molecule has 0 spiro atoms. The summed E-state index contributed by atoms with van der Waals surface area (Å²) >= 11 is 0. The van der Waals surface area contributed by atoms with Gasteiger partial charge in [0.1, 0.15) is 0 Å². The molecule has 1 aliphatic carbocycles. The number of likely N-dealkylation sites (tertiary alicyclic amines) is 1. The van der Waals surface area contributed by atoms with Crippen LogP contribution in [0.15, 0.2) is 0 Å². The van der Waals surface area contributed by atoms with Gasteiger partial charge in [0.05, 0.1) is 12.7 Å². The van der Waals surface area contributed by atoms with Gasteiger partial charge in [-0.1, -0.05) is 13.8 Å². The SMILES string of the molecule is CCC1(CC)CN(CCOC2CCC(N)CC2)C1. The van der Waals surface area contributed by atoms with Crippen LogP contribution >= 0.6 is 0 Å². The van der Waals surface area contributed by atoms with Crippen molar-refractivity contribution in [3.63, 3.8) is 0 Å². The Balaban J connectivity index is 1.55. The van der Waals surface area contributed by atoms with Crippen molar-refractivity contribution in [1.82, 2.24) is 4.90 Å². The highest BCUT2D eigenvalue weighted by atomic mass is 16.5. The van der Waals surface area contributed by atoms with E-state index in [-0.39, 0.29) is 0 Å². The molecular weight excluding hydrogens is 224 g/mol. The number of nitrogens with two attached hydrogens (primary N) is 1. The van der Waals surface area contributed by atoms with Gasteiger partial charge in [-0.3, -0.25) is 4.90 Å². The monoisotopic (exact) mass is 254 g/mol. The maximum Gasteiger partial charge on any atom is 0.0597 e. The van der Waals surface area contributed by atoms with Crippen molar-refractivity contribution < 1.29 is 4.74 Å². The third-order valence-electron chi connectivity index (χ3n) is 5.10. The fraction of sp³-hybridized carbons (Fsp3) is 1.00. The van der Waals surface area contributed by atoms with Crippen molar-refractivity contribution in [1.29, 1.82) is 0 Å².